The van der Waals surface area contributed by atoms with E-state index >= 15 is 0 Å². The minimum Gasteiger partial charge on any atom is -0.507 e. The van der Waals surface area contributed by atoms with Gasteiger partial charge in [0.05, 0.1) is 16.7 Å². The van der Waals surface area contributed by atoms with Gasteiger partial charge in [0.15, 0.2) is 0 Å². The molecule has 0 spiro atoms. The molecule has 530 valence electrons. The van der Waals surface area contributed by atoms with Crippen LogP contribution >= 0.6 is 0 Å². The quantitative estimate of drug-likeness (QED) is 0.0181. The van der Waals surface area contributed by atoms with E-state index in [2.05, 4.69) is 0 Å². The molecule has 0 unspecified atom stereocenters. The number of carbonyl (C=O) groups excluding carboxylic acids is 3. The summed E-state index contributed by atoms with van der Waals surface area (Å²) < 4.78 is 17.9. The van der Waals surface area contributed by atoms with Crippen LogP contribution in [0.1, 0.15) is 117 Å². The first-order valence-corrected chi connectivity index (χ1v) is 31.8. The number of hydrogen-bond acceptors (Lipinski definition) is 18. The SMILES string of the molecule is CC(c1ccc(OC(=O)c2cc(-c3ccc(O)c(C(=O)O)c3)cc(-c3ccc(O)c(C(=O)O)c3)c2)cc1)(c1ccc(OC(=O)c2cc(-c3ccc(O)c(C(=O)O)c3)cc(-c3ccc(O)c(C(=O)O)c3)c2)cc1)c1ccc(OC(=O)c2cc(-c3ccc(O)c(C(=O)O)c3)cc(-c3ccc(O)c(C(=O)O)c3)c2)cc1. The number of esters is 3. The number of phenols is 6. The Bertz CT molecular complexity index is 4920. The Hall–Kier alpha value is -15.3. The maximum Gasteiger partial charge on any atom is 0.343 e. The topological polar surface area (TPSA) is 424 Å². The van der Waals surface area contributed by atoms with E-state index in [-0.39, 0.29) is 101 Å². The molecule has 0 saturated carbocycles. The smallest absolute Gasteiger partial charge is 0.343 e. The maximum absolute atomic E-state index is 14.4. The van der Waals surface area contributed by atoms with Gasteiger partial charge < -0.3 is 75.5 Å². The molecule has 107 heavy (non-hydrogen) atoms. The second-order valence-corrected chi connectivity index (χ2v) is 24.5. The van der Waals surface area contributed by atoms with Crippen molar-refractivity contribution in [2.75, 3.05) is 0 Å². The Morgan fingerprint density at radius 3 is 0.551 bits per heavy atom. The number of carbonyl (C=O) groups is 9. The molecule has 12 aromatic rings. The molecule has 0 fully saturated rings. The molecular formula is C83H54O24. The highest BCUT2D eigenvalue weighted by Gasteiger charge is 2.33. The van der Waals surface area contributed by atoms with Crippen molar-refractivity contribution in [3.8, 4) is 119 Å². The molecule has 0 aliphatic heterocycles. The summed E-state index contributed by atoms with van der Waals surface area (Å²) in [7, 11) is 0. The van der Waals surface area contributed by atoms with Crippen molar-refractivity contribution in [1.82, 2.24) is 0 Å². The summed E-state index contributed by atoms with van der Waals surface area (Å²) in [6.45, 7) is 1.83. The average Bonchev–Trinajstić information content (AvgIpc) is 0.763. The normalized spacial score (nSPS) is 11.1. The van der Waals surface area contributed by atoms with E-state index in [4.69, 9.17) is 14.2 Å². The molecule has 12 aromatic carbocycles. The molecular weight excluding hydrogens is 1380 g/mol. The second kappa shape index (κ2) is 29.0. The molecule has 24 heteroatoms. The monoisotopic (exact) mass is 1430 g/mol. The predicted octanol–water partition coefficient (Wildman–Crippen LogP) is 15.1. The number of carboxylic acids is 6. The van der Waals surface area contributed by atoms with Crippen LogP contribution in [0.4, 0.5) is 0 Å². The van der Waals surface area contributed by atoms with Gasteiger partial charge >= 0.3 is 53.7 Å². The largest absolute Gasteiger partial charge is 0.507 e. The molecule has 0 saturated heterocycles. The lowest BCUT2D eigenvalue weighted by atomic mass is 9.71. The minimum atomic E-state index is -1.45. The number of aromatic carboxylic acids is 6. The van der Waals surface area contributed by atoms with Crippen LogP contribution in [0, 0.1) is 0 Å². The third-order valence-electron chi connectivity index (χ3n) is 17.8. The summed E-state index contributed by atoms with van der Waals surface area (Å²) in [5, 5.41) is 121. The Morgan fingerprint density at radius 2 is 0.393 bits per heavy atom. The van der Waals surface area contributed by atoms with E-state index in [9.17, 15) is 104 Å². The predicted molar refractivity (Wildman–Crippen MR) is 383 cm³/mol. The lowest BCUT2D eigenvalue weighted by molar-refractivity contribution is 0.0682. The van der Waals surface area contributed by atoms with Crippen LogP contribution in [0.25, 0.3) is 66.8 Å². The van der Waals surface area contributed by atoms with E-state index in [0.29, 0.717) is 16.7 Å². The van der Waals surface area contributed by atoms with E-state index in [0.717, 1.165) is 36.4 Å². The molecule has 0 aliphatic carbocycles. The van der Waals surface area contributed by atoms with E-state index in [1.165, 1.54) is 146 Å². The highest BCUT2D eigenvalue weighted by atomic mass is 16.5. The Labute approximate surface area is 603 Å². The Morgan fingerprint density at radius 1 is 0.224 bits per heavy atom. The fourth-order valence-corrected chi connectivity index (χ4v) is 12.1. The molecule has 0 radical (unpaired) electrons. The van der Waals surface area contributed by atoms with Gasteiger partial charge in [0.2, 0.25) is 0 Å². The highest BCUT2D eigenvalue weighted by Crippen LogP contribution is 2.43. The molecule has 0 amide bonds. The number of carboxylic acid groups (broad SMARTS) is 6. The number of ether oxygens (including phenoxy) is 3. The zero-order valence-corrected chi connectivity index (χ0v) is 55.3. The van der Waals surface area contributed by atoms with Crippen LogP contribution < -0.4 is 14.2 Å². The van der Waals surface area contributed by atoms with Gasteiger partial charge in [0.1, 0.15) is 85.1 Å². The summed E-state index contributed by atoms with van der Waals surface area (Å²) in [5.74, 6) is -14.7. The number of hydrogen-bond donors (Lipinski definition) is 12. The Kier molecular flexibility index (Phi) is 19.3. The minimum absolute atomic E-state index is 0.00794. The van der Waals surface area contributed by atoms with Crippen LogP contribution in [0.2, 0.25) is 0 Å². The Balaban J connectivity index is 0.903. The molecule has 0 aromatic heterocycles. The summed E-state index contributed by atoms with van der Waals surface area (Å²) >= 11 is 0. The van der Waals surface area contributed by atoms with Crippen molar-refractivity contribution in [2.24, 2.45) is 0 Å². The molecule has 24 nitrogen and oxygen atoms in total. The molecule has 0 aliphatic rings. The first kappa shape index (κ1) is 71.5. The van der Waals surface area contributed by atoms with Crippen molar-refractivity contribution in [3.05, 3.63) is 303 Å². The van der Waals surface area contributed by atoms with Gasteiger partial charge in [-0.25, -0.2) is 43.2 Å². The van der Waals surface area contributed by atoms with Gasteiger partial charge in [0.25, 0.3) is 0 Å². The van der Waals surface area contributed by atoms with E-state index in [1.807, 2.05) is 6.92 Å². The van der Waals surface area contributed by atoms with E-state index < -0.39 is 127 Å². The fraction of sp³-hybridized carbons (Fsp3) is 0.0241. The van der Waals surface area contributed by atoms with Gasteiger partial charge in [-0.15, -0.1) is 0 Å². The summed E-state index contributed by atoms with van der Waals surface area (Å²) in [4.78, 5) is 116. The standard InChI is InChI=1S/C83H54O24/c1-83(56-8-14-59(15-9-56)105-80(102)53-29-47(41-2-20-68(84)62(35-41)74(90)91)26-48(30-53)42-3-21-69(85)63(36-42)75(92)93,57-10-16-60(17-11-57)106-81(103)54-31-49(43-4-22-70(86)64(37-43)76(94)95)27-50(32-54)44-5-23-71(87)65(38-44)77(96)97)58-12-18-61(19-13-58)107-82(104)55-33-51(45-6-24-72(88)66(39-45)78(98)99)28-52(34-55)46-7-25-73(89)67(40-46)79(100)101/h2-40,84-89H,1H3,(H,90,91)(H,92,93)(H,94,95)(H,96,97)(H,98,99)(H,100,101). The number of benzene rings is 12. The molecule has 0 bridgehead atoms. The fourth-order valence-electron chi connectivity index (χ4n) is 12.1. The van der Waals surface area contributed by atoms with Crippen molar-refractivity contribution in [3.63, 3.8) is 0 Å². The maximum atomic E-state index is 14.4. The molecule has 12 N–H and O–H groups in total. The zero-order valence-electron chi connectivity index (χ0n) is 55.3. The molecule has 0 atom stereocenters. The highest BCUT2D eigenvalue weighted by molar-refractivity contribution is 6.01. The first-order chi connectivity index (χ1) is 51.0. The summed E-state index contributed by atoms with van der Waals surface area (Å²) in [6, 6.07) is 54.4. The van der Waals surface area contributed by atoms with Crippen LogP contribution in [-0.2, 0) is 5.41 Å². The van der Waals surface area contributed by atoms with Crippen molar-refractivity contribution >= 4 is 53.7 Å². The number of rotatable bonds is 21. The third kappa shape index (κ3) is 14.9. The molecule has 0 heterocycles. The molecule has 12 rings (SSSR count). The lowest BCUT2D eigenvalue weighted by Gasteiger charge is -2.32. The van der Waals surface area contributed by atoms with Gasteiger partial charge in [-0.1, -0.05) is 72.8 Å². The zero-order chi connectivity index (χ0) is 76.4. The second-order valence-electron chi connectivity index (χ2n) is 24.5. The van der Waals surface area contributed by atoms with Crippen LogP contribution in [0.15, 0.2) is 237 Å². The van der Waals surface area contributed by atoms with Gasteiger partial charge in [-0.2, -0.15) is 0 Å². The first-order valence-electron chi connectivity index (χ1n) is 31.8. The van der Waals surface area contributed by atoms with Crippen molar-refractivity contribution in [1.29, 1.82) is 0 Å². The average molecular weight is 1440 g/mol. The summed E-state index contributed by atoms with van der Waals surface area (Å²) in [6.07, 6.45) is 0. The lowest BCUT2D eigenvalue weighted by Crippen LogP contribution is -2.25. The van der Waals surface area contributed by atoms with Gasteiger partial charge in [-0.3, -0.25) is 0 Å². The van der Waals surface area contributed by atoms with Crippen LogP contribution in [0.3, 0.4) is 0 Å². The van der Waals surface area contributed by atoms with E-state index in [1.54, 1.807) is 54.6 Å². The number of aromatic hydroxyl groups is 6. The van der Waals surface area contributed by atoms with Crippen LogP contribution in [-0.4, -0.2) is 115 Å². The van der Waals surface area contributed by atoms with Crippen LogP contribution in [0.5, 0.6) is 51.7 Å². The van der Waals surface area contributed by atoms with Gasteiger partial charge in [0, 0.05) is 5.41 Å². The van der Waals surface area contributed by atoms with Crippen molar-refractivity contribution < 1.29 is 119 Å². The van der Waals surface area contributed by atoms with Crippen molar-refractivity contribution in [2.45, 2.75) is 12.3 Å². The summed E-state index contributed by atoms with van der Waals surface area (Å²) in [5.41, 5.74) is 0.267. The third-order valence-corrected chi connectivity index (χ3v) is 17.8. The van der Waals surface area contributed by atoms with Gasteiger partial charge in [-0.05, 0) is 254 Å².